The third-order valence-corrected chi connectivity index (χ3v) is 7.98. The Bertz CT molecular complexity index is 768. The molecule has 1 amide bonds. The average molecular weight is 428 g/mol. The SMILES string of the molecule is CC(C)N(CC(=O)N1CCN(S(=O)(=O)c2ccc(Cl)cc2)CC1)C1CCCC1. The highest BCUT2D eigenvalue weighted by atomic mass is 35.5. The lowest BCUT2D eigenvalue weighted by atomic mass is 10.1. The van der Waals surface area contributed by atoms with Gasteiger partial charge in [0.25, 0.3) is 0 Å². The zero-order valence-electron chi connectivity index (χ0n) is 16.7. The minimum Gasteiger partial charge on any atom is -0.339 e. The van der Waals surface area contributed by atoms with Crippen molar-refractivity contribution in [1.29, 1.82) is 0 Å². The van der Waals surface area contributed by atoms with E-state index in [4.69, 9.17) is 11.6 Å². The summed E-state index contributed by atoms with van der Waals surface area (Å²) in [5, 5.41) is 0.506. The van der Waals surface area contributed by atoms with Crippen LogP contribution in [0.3, 0.4) is 0 Å². The molecule has 0 unspecified atom stereocenters. The third kappa shape index (κ3) is 4.87. The van der Waals surface area contributed by atoms with Crippen molar-refractivity contribution in [1.82, 2.24) is 14.1 Å². The molecule has 0 bridgehead atoms. The van der Waals surface area contributed by atoms with Gasteiger partial charge in [-0.25, -0.2) is 8.42 Å². The molecule has 1 heterocycles. The first-order valence-electron chi connectivity index (χ1n) is 10.1. The van der Waals surface area contributed by atoms with Crippen molar-refractivity contribution in [3.8, 4) is 0 Å². The third-order valence-electron chi connectivity index (χ3n) is 5.82. The smallest absolute Gasteiger partial charge is 0.243 e. The number of sulfonamides is 1. The van der Waals surface area contributed by atoms with E-state index in [1.54, 1.807) is 17.0 Å². The number of piperazine rings is 1. The summed E-state index contributed by atoms with van der Waals surface area (Å²) in [6, 6.07) is 7.04. The number of hydrogen-bond acceptors (Lipinski definition) is 4. The number of benzene rings is 1. The van der Waals surface area contributed by atoms with Gasteiger partial charge in [-0.2, -0.15) is 4.31 Å². The Morgan fingerprint density at radius 1 is 1.11 bits per heavy atom. The molecule has 0 radical (unpaired) electrons. The van der Waals surface area contributed by atoms with Crippen LogP contribution in [0.25, 0.3) is 0 Å². The quantitative estimate of drug-likeness (QED) is 0.700. The molecule has 1 saturated carbocycles. The Kier molecular flexibility index (Phi) is 7.02. The van der Waals surface area contributed by atoms with Gasteiger partial charge in [-0.3, -0.25) is 9.69 Å². The summed E-state index contributed by atoms with van der Waals surface area (Å²) < 4.78 is 27.0. The van der Waals surface area contributed by atoms with Gasteiger partial charge >= 0.3 is 0 Å². The van der Waals surface area contributed by atoms with Crippen LogP contribution in [-0.4, -0.2) is 73.2 Å². The van der Waals surface area contributed by atoms with Gasteiger partial charge in [-0.05, 0) is 51.0 Å². The second-order valence-electron chi connectivity index (χ2n) is 7.94. The maximum absolute atomic E-state index is 12.8. The van der Waals surface area contributed by atoms with Gasteiger partial charge in [0.1, 0.15) is 0 Å². The van der Waals surface area contributed by atoms with Gasteiger partial charge in [-0.15, -0.1) is 0 Å². The van der Waals surface area contributed by atoms with E-state index in [9.17, 15) is 13.2 Å². The minimum absolute atomic E-state index is 0.101. The molecule has 8 heteroatoms. The maximum Gasteiger partial charge on any atom is 0.243 e. The lowest BCUT2D eigenvalue weighted by Gasteiger charge is -2.37. The molecule has 6 nitrogen and oxygen atoms in total. The molecule has 1 saturated heterocycles. The summed E-state index contributed by atoms with van der Waals surface area (Å²) >= 11 is 5.86. The molecule has 0 aromatic heterocycles. The maximum atomic E-state index is 12.8. The van der Waals surface area contributed by atoms with Crippen LogP contribution in [0, 0.1) is 0 Å². The van der Waals surface area contributed by atoms with Crippen LogP contribution >= 0.6 is 11.6 Å². The first kappa shape index (κ1) is 21.6. The van der Waals surface area contributed by atoms with E-state index in [1.165, 1.54) is 42.1 Å². The first-order chi connectivity index (χ1) is 13.3. The largest absolute Gasteiger partial charge is 0.339 e. The fourth-order valence-electron chi connectivity index (χ4n) is 4.16. The molecular formula is C20H30ClN3O3S. The number of amides is 1. The van der Waals surface area contributed by atoms with Crippen molar-refractivity contribution in [2.24, 2.45) is 0 Å². The van der Waals surface area contributed by atoms with E-state index in [0.717, 1.165) is 0 Å². The van der Waals surface area contributed by atoms with Crippen molar-refractivity contribution in [3.05, 3.63) is 29.3 Å². The standard InChI is InChI=1S/C20H30ClN3O3S/c1-16(2)24(18-5-3-4-6-18)15-20(25)22-11-13-23(14-12-22)28(26,27)19-9-7-17(21)8-10-19/h7-10,16,18H,3-6,11-15H2,1-2H3. The van der Waals surface area contributed by atoms with Crippen LogP contribution in [0.2, 0.25) is 5.02 Å². The summed E-state index contributed by atoms with van der Waals surface area (Å²) in [5.74, 6) is 0.101. The van der Waals surface area contributed by atoms with Crippen molar-refractivity contribution in [2.45, 2.75) is 56.5 Å². The normalized spacial score (nSPS) is 19.7. The van der Waals surface area contributed by atoms with Crippen molar-refractivity contribution < 1.29 is 13.2 Å². The molecule has 2 aliphatic rings. The summed E-state index contributed by atoms with van der Waals surface area (Å²) in [5.41, 5.74) is 0. The highest BCUT2D eigenvalue weighted by molar-refractivity contribution is 7.89. The highest BCUT2D eigenvalue weighted by Crippen LogP contribution is 2.25. The Labute approximate surface area is 173 Å². The number of carbonyl (C=O) groups excluding carboxylic acids is 1. The van der Waals surface area contributed by atoms with E-state index in [2.05, 4.69) is 18.7 Å². The summed E-state index contributed by atoms with van der Waals surface area (Å²) in [6.45, 7) is 6.21. The van der Waals surface area contributed by atoms with E-state index >= 15 is 0 Å². The average Bonchev–Trinajstić information content (AvgIpc) is 3.20. The summed E-state index contributed by atoms with van der Waals surface area (Å²) in [6.07, 6.45) is 4.81. The van der Waals surface area contributed by atoms with E-state index < -0.39 is 10.0 Å². The molecule has 28 heavy (non-hydrogen) atoms. The lowest BCUT2D eigenvalue weighted by molar-refractivity contribution is -0.134. The van der Waals surface area contributed by atoms with Crippen LogP contribution < -0.4 is 0 Å². The Morgan fingerprint density at radius 2 is 1.68 bits per heavy atom. The van der Waals surface area contributed by atoms with Gasteiger partial charge in [0.2, 0.25) is 15.9 Å². The number of rotatable bonds is 6. The van der Waals surface area contributed by atoms with Crippen molar-refractivity contribution >= 4 is 27.5 Å². The van der Waals surface area contributed by atoms with Gasteiger partial charge in [-0.1, -0.05) is 24.4 Å². The molecule has 0 atom stereocenters. The summed E-state index contributed by atoms with van der Waals surface area (Å²) in [7, 11) is -3.55. The van der Waals surface area contributed by atoms with Gasteiger partial charge < -0.3 is 4.90 Å². The summed E-state index contributed by atoms with van der Waals surface area (Å²) in [4.78, 5) is 17.2. The second-order valence-corrected chi connectivity index (χ2v) is 10.3. The minimum atomic E-state index is -3.55. The van der Waals surface area contributed by atoms with Crippen LogP contribution in [0.1, 0.15) is 39.5 Å². The Morgan fingerprint density at radius 3 is 2.21 bits per heavy atom. The fraction of sp³-hybridized carbons (Fsp3) is 0.650. The van der Waals surface area contributed by atoms with E-state index in [0.29, 0.717) is 49.8 Å². The predicted octanol–water partition coefficient (Wildman–Crippen LogP) is 2.83. The van der Waals surface area contributed by atoms with Crippen LogP contribution in [0.4, 0.5) is 0 Å². The molecule has 0 N–H and O–H groups in total. The first-order valence-corrected chi connectivity index (χ1v) is 11.9. The molecule has 1 aliphatic carbocycles. The molecule has 156 valence electrons. The number of hydrogen-bond donors (Lipinski definition) is 0. The van der Waals surface area contributed by atoms with Gasteiger partial charge in [0.15, 0.2) is 0 Å². The number of nitrogens with zero attached hydrogens (tertiary/aromatic N) is 3. The Hall–Kier alpha value is -1.15. The number of halogens is 1. The lowest BCUT2D eigenvalue weighted by Crippen LogP contribution is -2.54. The molecule has 1 aromatic carbocycles. The molecule has 2 fully saturated rings. The second kappa shape index (κ2) is 9.11. The van der Waals surface area contributed by atoms with Crippen LogP contribution in [0.15, 0.2) is 29.2 Å². The zero-order chi connectivity index (χ0) is 20.3. The van der Waals surface area contributed by atoms with Crippen LogP contribution in [-0.2, 0) is 14.8 Å². The van der Waals surface area contributed by atoms with E-state index in [1.807, 2.05) is 0 Å². The monoisotopic (exact) mass is 427 g/mol. The molecular weight excluding hydrogens is 398 g/mol. The fourth-order valence-corrected chi connectivity index (χ4v) is 5.71. The van der Waals surface area contributed by atoms with Crippen molar-refractivity contribution in [3.63, 3.8) is 0 Å². The van der Waals surface area contributed by atoms with Crippen molar-refractivity contribution in [2.75, 3.05) is 32.7 Å². The molecule has 1 aliphatic heterocycles. The van der Waals surface area contributed by atoms with Crippen LogP contribution in [0.5, 0.6) is 0 Å². The zero-order valence-corrected chi connectivity index (χ0v) is 18.3. The topological polar surface area (TPSA) is 60.9 Å². The number of carbonyl (C=O) groups is 1. The molecule has 3 rings (SSSR count). The van der Waals surface area contributed by atoms with E-state index in [-0.39, 0.29) is 10.8 Å². The molecule has 1 aromatic rings. The predicted molar refractivity (Wildman–Crippen MR) is 111 cm³/mol. The highest BCUT2D eigenvalue weighted by Gasteiger charge is 2.32. The Balaban J connectivity index is 1.58. The van der Waals surface area contributed by atoms with Gasteiger partial charge in [0.05, 0.1) is 11.4 Å². The van der Waals surface area contributed by atoms with Gasteiger partial charge in [0, 0.05) is 43.3 Å². The molecule has 0 spiro atoms.